The molecule has 0 saturated carbocycles. The third-order valence-corrected chi connectivity index (χ3v) is 8.60. The van der Waals surface area contributed by atoms with Gasteiger partial charge in [-0.1, -0.05) is 48.5 Å². The van der Waals surface area contributed by atoms with Crippen molar-refractivity contribution in [2.24, 2.45) is 0 Å². The van der Waals surface area contributed by atoms with E-state index in [1.165, 1.54) is 40.1 Å². The lowest BCUT2D eigenvalue weighted by Gasteiger charge is -2.41. The van der Waals surface area contributed by atoms with E-state index in [4.69, 9.17) is 4.42 Å². The van der Waals surface area contributed by atoms with Gasteiger partial charge in [-0.25, -0.2) is 0 Å². The molecule has 1 aliphatic carbocycles. The third kappa shape index (κ3) is 4.59. The van der Waals surface area contributed by atoms with Gasteiger partial charge in [0.05, 0.1) is 12.3 Å². The number of nitrogens with zero attached hydrogens (tertiary/aromatic N) is 2. The van der Waals surface area contributed by atoms with Gasteiger partial charge in [0.1, 0.15) is 5.00 Å². The van der Waals surface area contributed by atoms with Gasteiger partial charge < -0.3 is 14.6 Å². The van der Waals surface area contributed by atoms with Crippen LogP contribution in [0, 0.1) is 0 Å². The highest BCUT2D eigenvalue weighted by molar-refractivity contribution is 7.16. The first-order chi connectivity index (χ1) is 17.8. The second kappa shape index (κ2) is 10.3. The number of benzene rings is 2. The van der Waals surface area contributed by atoms with Crippen molar-refractivity contribution in [2.75, 3.05) is 36.4 Å². The number of amides is 1. The van der Waals surface area contributed by atoms with Crippen molar-refractivity contribution in [2.45, 2.75) is 31.7 Å². The van der Waals surface area contributed by atoms with Crippen LogP contribution in [0.3, 0.4) is 0 Å². The molecule has 1 fully saturated rings. The lowest BCUT2D eigenvalue weighted by Crippen LogP contribution is -2.48. The molecule has 0 spiro atoms. The number of anilines is 2. The Bertz CT molecular complexity index is 1290. The van der Waals surface area contributed by atoms with Crippen molar-refractivity contribution in [1.29, 1.82) is 0 Å². The lowest BCUT2D eigenvalue weighted by molar-refractivity contribution is 0.0996. The van der Waals surface area contributed by atoms with Gasteiger partial charge in [0, 0.05) is 42.3 Å². The number of hydrogen-bond acceptors (Lipinski definition) is 5. The Labute approximate surface area is 216 Å². The zero-order chi connectivity index (χ0) is 24.3. The van der Waals surface area contributed by atoms with Crippen LogP contribution in [0.1, 0.15) is 51.0 Å². The Morgan fingerprint density at radius 3 is 2.31 bits per heavy atom. The molecule has 1 amide bonds. The minimum absolute atomic E-state index is 0.106. The van der Waals surface area contributed by atoms with E-state index in [2.05, 4.69) is 75.8 Å². The van der Waals surface area contributed by atoms with Crippen LogP contribution in [0.4, 0.5) is 10.7 Å². The molecule has 6 heteroatoms. The van der Waals surface area contributed by atoms with E-state index in [9.17, 15) is 4.79 Å². The van der Waals surface area contributed by atoms with Gasteiger partial charge in [-0.15, -0.1) is 11.3 Å². The number of para-hydroxylation sites is 1. The van der Waals surface area contributed by atoms with Gasteiger partial charge in [0.2, 0.25) is 0 Å². The van der Waals surface area contributed by atoms with Crippen molar-refractivity contribution in [3.8, 4) is 0 Å². The number of nitrogens with one attached hydrogen (secondary N) is 1. The molecular weight excluding hydrogens is 466 g/mol. The summed E-state index contributed by atoms with van der Waals surface area (Å²) in [6, 6.07) is 25.1. The molecule has 1 atom stereocenters. The summed E-state index contributed by atoms with van der Waals surface area (Å²) in [6.07, 6.45) is 6.13. The van der Waals surface area contributed by atoms with E-state index in [-0.39, 0.29) is 11.9 Å². The van der Waals surface area contributed by atoms with Crippen molar-refractivity contribution in [3.63, 3.8) is 0 Å². The summed E-state index contributed by atoms with van der Waals surface area (Å²) in [6.45, 7) is 3.89. The van der Waals surface area contributed by atoms with Crippen molar-refractivity contribution in [3.05, 3.63) is 106 Å². The van der Waals surface area contributed by atoms with E-state index >= 15 is 0 Å². The first-order valence-corrected chi connectivity index (χ1v) is 13.7. The van der Waals surface area contributed by atoms with E-state index in [1.54, 1.807) is 29.7 Å². The van der Waals surface area contributed by atoms with E-state index in [0.717, 1.165) is 44.0 Å². The zero-order valence-electron chi connectivity index (χ0n) is 20.4. The predicted molar refractivity (Wildman–Crippen MR) is 146 cm³/mol. The van der Waals surface area contributed by atoms with Gasteiger partial charge in [-0.05, 0) is 61.1 Å². The van der Waals surface area contributed by atoms with Gasteiger partial charge in [0.15, 0.2) is 5.76 Å². The highest BCUT2D eigenvalue weighted by Crippen LogP contribution is 2.45. The van der Waals surface area contributed by atoms with Crippen LogP contribution >= 0.6 is 11.3 Å². The molecule has 1 saturated heterocycles. The minimum Gasteiger partial charge on any atom is -0.459 e. The molecule has 2 aliphatic rings. The number of aryl methyl sites for hydroxylation is 1. The standard InChI is InChI=1S/C30H31N3O2S/c34-29(25-15-9-21-35-25)31-30-27(24-14-7-8-16-26(24)36-30)28(22-10-3-1-4-11-22)33-19-17-32(18-20-33)23-12-5-2-6-13-23/h1-6,9-13,15,21,28H,7-8,14,16-20H2,(H,31,34)/t28-/m1/s1. The van der Waals surface area contributed by atoms with Gasteiger partial charge in [-0.2, -0.15) is 0 Å². The summed E-state index contributed by atoms with van der Waals surface area (Å²) < 4.78 is 5.40. The number of rotatable bonds is 6. The average Bonchev–Trinajstić information content (AvgIpc) is 3.60. The molecule has 1 aliphatic heterocycles. The fraction of sp³-hybridized carbons (Fsp3) is 0.300. The fourth-order valence-electron chi connectivity index (χ4n) is 5.62. The van der Waals surface area contributed by atoms with Crippen LogP contribution in [0.15, 0.2) is 83.5 Å². The van der Waals surface area contributed by atoms with Crippen molar-refractivity contribution >= 4 is 27.9 Å². The van der Waals surface area contributed by atoms with Crippen LogP contribution in [0.25, 0.3) is 0 Å². The number of thiophene rings is 1. The monoisotopic (exact) mass is 497 g/mol. The number of fused-ring (bicyclic) bond motifs is 1. The molecule has 5 nitrogen and oxygen atoms in total. The summed E-state index contributed by atoms with van der Waals surface area (Å²) >= 11 is 1.76. The van der Waals surface area contributed by atoms with Gasteiger partial charge in [0.25, 0.3) is 5.91 Å². The highest BCUT2D eigenvalue weighted by atomic mass is 32.1. The van der Waals surface area contributed by atoms with E-state index in [0.29, 0.717) is 5.76 Å². The number of hydrogen-bond donors (Lipinski definition) is 1. The number of carbonyl (C=O) groups excluding carboxylic acids is 1. The molecule has 6 rings (SSSR count). The molecule has 4 aromatic rings. The second-order valence-electron chi connectivity index (χ2n) is 9.56. The Balaban J connectivity index is 1.36. The fourth-order valence-corrected chi connectivity index (χ4v) is 6.93. The normalized spacial score (nSPS) is 16.9. The Hall–Kier alpha value is -3.35. The van der Waals surface area contributed by atoms with E-state index < -0.39 is 0 Å². The Morgan fingerprint density at radius 1 is 0.861 bits per heavy atom. The second-order valence-corrected chi connectivity index (χ2v) is 10.7. The first kappa shape index (κ1) is 23.1. The molecule has 0 radical (unpaired) electrons. The van der Waals surface area contributed by atoms with Gasteiger partial charge >= 0.3 is 0 Å². The quantitative estimate of drug-likeness (QED) is 0.336. The number of furan rings is 1. The zero-order valence-corrected chi connectivity index (χ0v) is 21.2. The maximum absolute atomic E-state index is 13.1. The molecule has 2 aromatic heterocycles. The van der Waals surface area contributed by atoms with Crippen LogP contribution in [-0.4, -0.2) is 37.0 Å². The van der Waals surface area contributed by atoms with Crippen molar-refractivity contribution < 1.29 is 9.21 Å². The smallest absolute Gasteiger partial charge is 0.291 e. The first-order valence-electron chi connectivity index (χ1n) is 12.9. The molecule has 36 heavy (non-hydrogen) atoms. The van der Waals surface area contributed by atoms with Crippen LogP contribution < -0.4 is 10.2 Å². The molecule has 2 aromatic carbocycles. The summed E-state index contributed by atoms with van der Waals surface area (Å²) in [4.78, 5) is 19.6. The molecule has 1 N–H and O–H groups in total. The minimum atomic E-state index is -0.180. The van der Waals surface area contributed by atoms with Crippen LogP contribution in [-0.2, 0) is 12.8 Å². The van der Waals surface area contributed by atoms with E-state index in [1.807, 2.05) is 0 Å². The summed E-state index contributed by atoms with van der Waals surface area (Å²) in [5.41, 5.74) is 5.30. The maximum atomic E-state index is 13.1. The summed E-state index contributed by atoms with van der Waals surface area (Å²) in [5.74, 6) is 0.167. The molecule has 3 heterocycles. The molecule has 0 bridgehead atoms. The summed E-state index contributed by atoms with van der Waals surface area (Å²) in [7, 11) is 0. The largest absolute Gasteiger partial charge is 0.459 e. The average molecular weight is 498 g/mol. The van der Waals surface area contributed by atoms with Gasteiger partial charge in [-0.3, -0.25) is 9.69 Å². The van der Waals surface area contributed by atoms with Crippen molar-refractivity contribution in [1.82, 2.24) is 4.90 Å². The topological polar surface area (TPSA) is 48.7 Å². The predicted octanol–water partition coefficient (Wildman–Crippen LogP) is 6.38. The SMILES string of the molecule is O=C(Nc1sc2c(c1[C@@H](c1ccccc1)N1CCN(c3ccccc3)CC1)CCCC2)c1ccco1. The third-order valence-electron chi connectivity index (χ3n) is 7.37. The maximum Gasteiger partial charge on any atom is 0.291 e. The molecule has 184 valence electrons. The van der Waals surface area contributed by atoms with Crippen LogP contribution in [0.5, 0.6) is 0 Å². The lowest BCUT2D eigenvalue weighted by atomic mass is 9.88. The summed E-state index contributed by atoms with van der Waals surface area (Å²) in [5, 5.41) is 4.22. The highest BCUT2D eigenvalue weighted by Gasteiger charge is 2.34. The van der Waals surface area contributed by atoms with Crippen LogP contribution in [0.2, 0.25) is 0 Å². The number of piperazine rings is 1. The molecule has 0 unspecified atom stereocenters. The molecular formula is C30H31N3O2S. The number of carbonyl (C=O) groups is 1. The Morgan fingerprint density at radius 2 is 1.58 bits per heavy atom. The Kier molecular flexibility index (Phi) is 6.62.